The molecule has 2 heterocycles. The maximum absolute atomic E-state index is 5.33. The van der Waals surface area contributed by atoms with E-state index in [0.29, 0.717) is 17.5 Å². The average molecular weight is 718 g/mol. The third-order valence-electron chi connectivity index (χ3n) is 10.7. The van der Waals surface area contributed by atoms with E-state index in [-0.39, 0.29) is 0 Å². The van der Waals surface area contributed by atoms with Crippen LogP contribution in [0.1, 0.15) is 0 Å². The Morgan fingerprint density at radius 1 is 0.291 bits per heavy atom. The van der Waals surface area contributed by atoms with Crippen molar-refractivity contribution >= 4 is 63.8 Å². The van der Waals surface area contributed by atoms with Gasteiger partial charge in [-0.2, -0.15) is 0 Å². The second kappa shape index (κ2) is 12.8. The lowest BCUT2D eigenvalue weighted by molar-refractivity contribution is 1.08. The van der Waals surface area contributed by atoms with Gasteiger partial charge in [0.15, 0.2) is 17.5 Å². The van der Waals surface area contributed by atoms with Gasteiger partial charge in [0.25, 0.3) is 0 Å². The first-order valence-corrected chi connectivity index (χ1v) is 19.3. The molecule has 4 heteroatoms. The minimum atomic E-state index is 0.645. The average Bonchev–Trinajstić information content (AvgIpc) is 3.65. The summed E-state index contributed by atoms with van der Waals surface area (Å²) >= 11 is 1.79. The van der Waals surface area contributed by atoms with Crippen molar-refractivity contribution in [3.63, 3.8) is 0 Å². The van der Waals surface area contributed by atoms with E-state index >= 15 is 0 Å². The van der Waals surface area contributed by atoms with Gasteiger partial charge in [-0.1, -0.05) is 164 Å². The first kappa shape index (κ1) is 31.5. The molecule has 0 N–H and O–H groups in total. The van der Waals surface area contributed by atoms with Crippen LogP contribution < -0.4 is 0 Å². The summed E-state index contributed by atoms with van der Waals surface area (Å²) < 4.78 is 2.42. The SMILES string of the molecule is c1ccc(-c2ccc3cc(-c4nc(-c5ccc(-c6cccc7ccccc67)cc5)nc(-c5cccc6c5sc5ccccc56)n4)c4ccccc4c3c2)cc1. The van der Waals surface area contributed by atoms with Crippen molar-refractivity contribution in [2.75, 3.05) is 0 Å². The zero-order chi connectivity index (χ0) is 36.3. The molecule has 0 bridgehead atoms. The number of nitrogens with zero attached hydrogens (tertiary/aromatic N) is 3. The van der Waals surface area contributed by atoms with Crippen LogP contribution in [0.3, 0.4) is 0 Å². The Bertz CT molecular complexity index is 3250. The van der Waals surface area contributed by atoms with E-state index in [1.165, 1.54) is 58.4 Å². The first-order chi connectivity index (χ1) is 27.2. The molecule has 0 amide bonds. The van der Waals surface area contributed by atoms with Crippen LogP contribution >= 0.6 is 11.3 Å². The Balaban J connectivity index is 1.12. The van der Waals surface area contributed by atoms with E-state index < -0.39 is 0 Å². The molecular weight excluding hydrogens is 687 g/mol. The Hall–Kier alpha value is -7.01. The van der Waals surface area contributed by atoms with Gasteiger partial charge in [0.05, 0.1) is 0 Å². The van der Waals surface area contributed by atoms with Gasteiger partial charge < -0.3 is 0 Å². The molecule has 9 aromatic carbocycles. The summed E-state index contributed by atoms with van der Waals surface area (Å²) in [6.45, 7) is 0. The standard InChI is InChI=1S/C51H31N3S/c1-2-12-32(13-3-1)36-28-29-37-31-46(41-18-7-6-17-40(41)45(37)30-36)51-53-49(35-26-24-34(25-27-35)39-20-10-15-33-14-4-5-16-38(33)39)52-50(54-51)44-22-11-21-43-42-19-8-9-23-47(42)55-48(43)44/h1-31H. The molecule has 11 rings (SSSR count). The maximum atomic E-state index is 5.33. The number of rotatable bonds is 5. The molecule has 0 saturated carbocycles. The molecule has 0 fully saturated rings. The molecule has 0 aliphatic heterocycles. The predicted octanol–water partition coefficient (Wildman–Crippen LogP) is 14.0. The van der Waals surface area contributed by atoms with Crippen LogP contribution in [0.4, 0.5) is 0 Å². The normalized spacial score (nSPS) is 11.6. The fraction of sp³-hybridized carbons (Fsp3) is 0. The number of benzene rings is 9. The Morgan fingerprint density at radius 2 is 0.891 bits per heavy atom. The van der Waals surface area contributed by atoms with Gasteiger partial charge in [-0.05, 0) is 78.8 Å². The van der Waals surface area contributed by atoms with E-state index in [1.54, 1.807) is 11.3 Å². The van der Waals surface area contributed by atoms with E-state index in [9.17, 15) is 0 Å². The predicted molar refractivity (Wildman–Crippen MR) is 232 cm³/mol. The molecule has 256 valence electrons. The van der Waals surface area contributed by atoms with Crippen LogP contribution in [0.2, 0.25) is 0 Å². The van der Waals surface area contributed by atoms with Gasteiger partial charge in [-0.25, -0.2) is 15.0 Å². The zero-order valence-corrected chi connectivity index (χ0v) is 30.5. The van der Waals surface area contributed by atoms with Crippen molar-refractivity contribution < 1.29 is 0 Å². The van der Waals surface area contributed by atoms with Gasteiger partial charge in [0.2, 0.25) is 0 Å². The highest BCUT2D eigenvalue weighted by molar-refractivity contribution is 7.26. The Morgan fingerprint density at radius 3 is 1.75 bits per heavy atom. The van der Waals surface area contributed by atoms with Crippen molar-refractivity contribution in [2.24, 2.45) is 0 Å². The topological polar surface area (TPSA) is 38.7 Å². The lowest BCUT2D eigenvalue weighted by Gasteiger charge is -2.14. The molecule has 55 heavy (non-hydrogen) atoms. The largest absolute Gasteiger partial charge is 0.208 e. The van der Waals surface area contributed by atoms with Gasteiger partial charge in [0, 0.05) is 36.9 Å². The maximum Gasteiger partial charge on any atom is 0.165 e. The molecule has 0 radical (unpaired) electrons. The van der Waals surface area contributed by atoms with Crippen LogP contribution in [0.15, 0.2) is 188 Å². The number of hydrogen-bond acceptors (Lipinski definition) is 4. The monoisotopic (exact) mass is 717 g/mol. The van der Waals surface area contributed by atoms with Crippen molar-refractivity contribution in [2.45, 2.75) is 0 Å². The van der Waals surface area contributed by atoms with Crippen molar-refractivity contribution in [3.8, 4) is 56.4 Å². The van der Waals surface area contributed by atoms with E-state index in [2.05, 4.69) is 188 Å². The van der Waals surface area contributed by atoms with Crippen molar-refractivity contribution in [3.05, 3.63) is 188 Å². The third-order valence-corrected chi connectivity index (χ3v) is 12.0. The van der Waals surface area contributed by atoms with E-state index in [4.69, 9.17) is 15.0 Å². The zero-order valence-electron chi connectivity index (χ0n) is 29.6. The summed E-state index contributed by atoms with van der Waals surface area (Å²) in [4.78, 5) is 15.8. The highest BCUT2D eigenvalue weighted by Gasteiger charge is 2.19. The lowest BCUT2D eigenvalue weighted by atomic mass is 9.94. The fourth-order valence-electron chi connectivity index (χ4n) is 8.04. The Kier molecular flexibility index (Phi) is 7.35. The Labute approximate surface area is 321 Å². The van der Waals surface area contributed by atoms with Gasteiger partial charge >= 0.3 is 0 Å². The minimum Gasteiger partial charge on any atom is -0.208 e. The van der Waals surface area contributed by atoms with Crippen LogP contribution in [0, 0.1) is 0 Å². The second-order valence-corrected chi connectivity index (χ2v) is 15.0. The molecule has 2 aromatic heterocycles. The molecule has 0 spiro atoms. The summed E-state index contributed by atoms with van der Waals surface area (Å²) in [7, 11) is 0. The summed E-state index contributed by atoms with van der Waals surface area (Å²) in [6, 6.07) is 66.9. The van der Waals surface area contributed by atoms with Gasteiger partial charge in [0.1, 0.15) is 0 Å². The van der Waals surface area contributed by atoms with Crippen molar-refractivity contribution in [1.29, 1.82) is 0 Å². The third kappa shape index (κ3) is 5.38. The number of aromatic nitrogens is 3. The van der Waals surface area contributed by atoms with Crippen LogP contribution in [0.5, 0.6) is 0 Å². The molecule has 0 saturated heterocycles. The van der Waals surface area contributed by atoms with Gasteiger partial charge in [-0.3, -0.25) is 0 Å². The lowest BCUT2D eigenvalue weighted by Crippen LogP contribution is -2.01. The van der Waals surface area contributed by atoms with E-state index in [0.717, 1.165) is 33.0 Å². The van der Waals surface area contributed by atoms with Gasteiger partial charge in [-0.15, -0.1) is 11.3 Å². The fourth-order valence-corrected chi connectivity index (χ4v) is 9.25. The summed E-state index contributed by atoms with van der Waals surface area (Å²) in [6.07, 6.45) is 0. The second-order valence-electron chi connectivity index (χ2n) is 14.0. The smallest absolute Gasteiger partial charge is 0.165 e. The van der Waals surface area contributed by atoms with Crippen molar-refractivity contribution in [1.82, 2.24) is 15.0 Å². The minimum absolute atomic E-state index is 0.645. The molecule has 0 aliphatic rings. The van der Waals surface area contributed by atoms with Crippen LogP contribution in [-0.2, 0) is 0 Å². The number of thiophene rings is 1. The quantitative estimate of drug-likeness (QED) is 0.166. The molecular formula is C51H31N3S. The highest BCUT2D eigenvalue weighted by atomic mass is 32.1. The summed E-state index contributed by atoms with van der Waals surface area (Å²) in [5, 5.41) is 9.54. The summed E-state index contributed by atoms with van der Waals surface area (Å²) in [5.74, 6) is 1.96. The van der Waals surface area contributed by atoms with Crippen LogP contribution in [-0.4, -0.2) is 15.0 Å². The molecule has 0 aliphatic carbocycles. The highest BCUT2D eigenvalue weighted by Crippen LogP contribution is 2.41. The number of fused-ring (bicyclic) bond motifs is 7. The molecule has 0 atom stereocenters. The molecule has 0 unspecified atom stereocenters. The first-order valence-electron chi connectivity index (χ1n) is 18.5. The summed E-state index contributed by atoms with van der Waals surface area (Å²) in [5.41, 5.74) is 7.68. The molecule has 11 aromatic rings. The van der Waals surface area contributed by atoms with E-state index in [1.807, 2.05) is 0 Å². The van der Waals surface area contributed by atoms with Crippen LogP contribution in [0.25, 0.3) is 109 Å². The molecule has 3 nitrogen and oxygen atoms in total. The number of hydrogen-bond donors (Lipinski definition) is 0.